The predicted octanol–water partition coefficient (Wildman–Crippen LogP) is 3.79. The van der Waals surface area contributed by atoms with E-state index in [2.05, 4.69) is 0 Å². The van der Waals surface area contributed by atoms with Crippen LogP contribution in [-0.2, 0) is 9.53 Å². The normalized spacial score (nSPS) is 17.2. The van der Waals surface area contributed by atoms with Gasteiger partial charge in [-0.2, -0.15) is 0 Å². The van der Waals surface area contributed by atoms with Crippen molar-refractivity contribution >= 4 is 12.0 Å². The average molecular weight is 391 g/mol. The van der Waals surface area contributed by atoms with Crippen LogP contribution in [0.15, 0.2) is 18.2 Å². The van der Waals surface area contributed by atoms with Crippen molar-refractivity contribution in [1.82, 2.24) is 9.80 Å². The highest BCUT2D eigenvalue weighted by atomic mass is 16.6. The van der Waals surface area contributed by atoms with Gasteiger partial charge in [-0.3, -0.25) is 4.79 Å². The molecule has 1 aliphatic heterocycles. The summed E-state index contributed by atoms with van der Waals surface area (Å²) in [7, 11) is 1.75. The Bertz CT molecular complexity index is 696. The van der Waals surface area contributed by atoms with E-state index < -0.39 is 5.60 Å². The molecule has 0 aliphatic carbocycles. The number of hydrogen-bond donors (Lipinski definition) is 0. The SMILES string of the molecule is Cc1ccc(OCC(=O)N2CCCC(CN(C)C(=O)OC(C)(C)C)C2)c(C)c1. The Balaban J connectivity index is 1.84. The highest BCUT2D eigenvalue weighted by Gasteiger charge is 2.27. The lowest BCUT2D eigenvalue weighted by Crippen LogP contribution is -2.46. The zero-order chi connectivity index (χ0) is 20.9. The van der Waals surface area contributed by atoms with Crippen molar-refractivity contribution in [2.45, 2.75) is 53.1 Å². The fourth-order valence-electron chi connectivity index (χ4n) is 3.43. The van der Waals surface area contributed by atoms with Crippen molar-refractivity contribution in [3.05, 3.63) is 29.3 Å². The van der Waals surface area contributed by atoms with Crippen molar-refractivity contribution in [3.8, 4) is 5.75 Å². The summed E-state index contributed by atoms with van der Waals surface area (Å²) < 4.78 is 11.1. The number of likely N-dealkylation sites (tertiary alicyclic amines) is 1. The van der Waals surface area contributed by atoms with E-state index >= 15 is 0 Å². The molecule has 1 aliphatic rings. The highest BCUT2D eigenvalue weighted by Crippen LogP contribution is 2.21. The first kappa shape index (κ1) is 22.1. The third kappa shape index (κ3) is 6.73. The summed E-state index contributed by atoms with van der Waals surface area (Å²) in [5, 5.41) is 0. The highest BCUT2D eigenvalue weighted by molar-refractivity contribution is 5.78. The molecule has 28 heavy (non-hydrogen) atoms. The van der Waals surface area contributed by atoms with E-state index in [-0.39, 0.29) is 24.5 Å². The summed E-state index contributed by atoms with van der Waals surface area (Å²) >= 11 is 0. The van der Waals surface area contributed by atoms with Gasteiger partial charge in [0.15, 0.2) is 6.61 Å². The number of rotatable bonds is 5. The zero-order valence-electron chi connectivity index (χ0n) is 18.1. The largest absolute Gasteiger partial charge is 0.484 e. The summed E-state index contributed by atoms with van der Waals surface area (Å²) in [6.07, 6.45) is 1.60. The molecular formula is C22H34N2O4. The summed E-state index contributed by atoms with van der Waals surface area (Å²) in [6.45, 7) is 11.6. The Kier molecular flexibility index (Phi) is 7.33. The fourth-order valence-corrected chi connectivity index (χ4v) is 3.43. The van der Waals surface area contributed by atoms with Gasteiger partial charge in [-0.15, -0.1) is 0 Å². The van der Waals surface area contributed by atoms with Crippen LogP contribution in [0.2, 0.25) is 0 Å². The molecule has 1 aromatic carbocycles. The van der Waals surface area contributed by atoms with Crippen LogP contribution >= 0.6 is 0 Å². The van der Waals surface area contributed by atoms with E-state index in [1.807, 2.05) is 57.7 Å². The molecule has 2 amide bonds. The summed E-state index contributed by atoms with van der Waals surface area (Å²) in [6, 6.07) is 5.94. The van der Waals surface area contributed by atoms with Gasteiger partial charge in [0, 0.05) is 26.7 Å². The second-order valence-electron chi connectivity index (χ2n) is 8.77. The molecule has 1 atom stereocenters. The Morgan fingerprint density at radius 3 is 2.61 bits per heavy atom. The maximum absolute atomic E-state index is 12.6. The van der Waals surface area contributed by atoms with E-state index in [0.717, 1.165) is 30.7 Å². The van der Waals surface area contributed by atoms with Crippen molar-refractivity contribution in [2.75, 3.05) is 33.3 Å². The maximum Gasteiger partial charge on any atom is 0.410 e. The first-order valence-corrected chi connectivity index (χ1v) is 9.97. The number of carbonyl (C=O) groups excluding carboxylic acids is 2. The molecule has 0 saturated carbocycles. The molecule has 0 N–H and O–H groups in total. The van der Waals surface area contributed by atoms with Crippen LogP contribution < -0.4 is 4.74 Å². The Morgan fingerprint density at radius 1 is 1.25 bits per heavy atom. The lowest BCUT2D eigenvalue weighted by molar-refractivity contribution is -0.135. The fraction of sp³-hybridized carbons (Fsp3) is 0.636. The number of piperidine rings is 1. The molecule has 0 radical (unpaired) electrons. The van der Waals surface area contributed by atoms with E-state index in [1.54, 1.807) is 11.9 Å². The number of aryl methyl sites for hydroxylation is 2. The molecule has 1 fully saturated rings. The van der Waals surface area contributed by atoms with Crippen LogP contribution in [0.3, 0.4) is 0 Å². The quantitative estimate of drug-likeness (QED) is 0.768. The van der Waals surface area contributed by atoms with Crippen LogP contribution in [0, 0.1) is 19.8 Å². The lowest BCUT2D eigenvalue weighted by Gasteiger charge is -2.35. The number of ether oxygens (including phenoxy) is 2. The van der Waals surface area contributed by atoms with Gasteiger partial charge in [0.1, 0.15) is 11.4 Å². The van der Waals surface area contributed by atoms with E-state index in [9.17, 15) is 9.59 Å². The van der Waals surface area contributed by atoms with E-state index in [1.165, 1.54) is 5.56 Å². The lowest BCUT2D eigenvalue weighted by atomic mass is 9.97. The molecule has 1 saturated heterocycles. The van der Waals surface area contributed by atoms with Gasteiger partial charge in [0.05, 0.1) is 0 Å². The Hall–Kier alpha value is -2.24. The van der Waals surface area contributed by atoms with Crippen molar-refractivity contribution in [1.29, 1.82) is 0 Å². The minimum Gasteiger partial charge on any atom is -0.484 e. The summed E-state index contributed by atoms with van der Waals surface area (Å²) in [5.74, 6) is 0.984. The first-order valence-electron chi connectivity index (χ1n) is 9.97. The van der Waals surface area contributed by atoms with E-state index in [4.69, 9.17) is 9.47 Å². The summed E-state index contributed by atoms with van der Waals surface area (Å²) in [5.41, 5.74) is 1.69. The molecule has 0 aromatic heterocycles. The van der Waals surface area contributed by atoms with Gasteiger partial charge >= 0.3 is 6.09 Å². The van der Waals surface area contributed by atoms with Crippen molar-refractivity contribution < 1.29 is 19.1 Å². The smallest absolute Gasteiger partial charge is 0.410 e. The Morgan fingerprint density at radius 2 is 1.96 bits per heavy atom. The van der Waals surface area contributed by atoms with Crippen LogP contribution in [0.4, 0.5) is 4.79 Å². The van der Waals surface area contributed by atoms with Crippen molar-refractivity contribution in [3.63, 3.8) is 0 Å². The van der Waals surface area contributed by atoms with Gasteiger partial charge in [-0.1, -0.05) is 17.7 Å². The van der Waals surface area contributed by atoms with Gasteiger partial charge in [0.2, 0.25) is 0 Å². The number of carbonyl (C=O) groups is 2. The summed E-state index contributed by atoms with van der Waals surface area (Å²) in [4.78, 5) is 28.2. The van der Waals surface area contributed by atoms with Crippen LogP contribution in [0.5, 0.6) is 5.75 Å². The van der Waals surface area contributed by atoms with Crippen LogP contribution in [0.25, 0.3) is 0 Å². The average Bonchev–Trinajstić information content (AvgIpc) is 2.59. The molecular weight excluding hydrogens is 356 g/mol. The molecule has 6 heteroatoms. The molecule has 0 spiro atoms. The number of amides is 2. The molecule has 1 aromatic rings. The third-order valence-corrected chi connectivity index (χ3v) is 4.79. The molecule has 0 bridgehead atoms. The van der Waals surface area contributed by atoms with Gasteiger partial charge < -0.3 is 19.3 Å². The minimum atomic E-state index is -0.509. The molecule has 156 valence electrons. The number of nitrogens with zero attached hydrogens (tertiary/aromatic N) is 2. The molecule has 6 nitrogen and oxygen atoms in total. The predicted molar refractivity (Wildman–Crippen MR) is 110 cm³/mol. The molecule has 2 rings (SSSR count). The Labute approximate surface area is 168 Å². The monoisotopic (exact) mass is 390 g/mol. The van der Waals surface area contributed by atoms with Gasteiger partial charge in [-0.05, 0) is 65.0 Å². The van der Waals surface area contributed by atoms with Gasteiger partial charge in [0.25, 0.3) is 5.91 Å². The number of benzene rings is 1. The second-order valence-corrected chi connectivity index (χ2v) is 8.77. The van der Waals surface area contributed by atoms with Crippen molar-refractivity contribution in [2.24, 2.45) is 5.92 Å². The standard InChI is InChI=1S/C22H34N2O4/c1-16-9-10-19(17(2)12-16)27-15-20(25)24-11-7-8-18(14-24)13-23(6)21(26)28-22(3,4)5/h9-10,12,18H,7-8,11,13-15H2,1-6H3. The number of hydrogen-bond acceptors (Lipinski definition) is 4. The van der Waals surface area contributed by atoms with Crippen LogP contribution in [-0.4, -0.2) is 60.7 Å². The first-order chi connectivity index (χ1) is 13.0. The topological polar surface area (TPSA) is 59.1 Å². The minimum absolute atomic E-state index is 0.00963. The molecule has 1 heterocycles. The third-order valence-electron chi connectivity index (χ3n) is 4.79. The van der Waals surface area contributed by atoms with E-state index in [0.29, 0.717) is 13.1 Å². The second kappa shape index (κ2) is 9.30. The van der Waals surface area contributed by atoms with Crippen LogP contribution in [0.1, 0.15) is 44.7 Å². The zero-order valence-corrected chi connectivity index (χ0v) is 18.1. The maximum atomic E-state index is 12.6. The van der Waals surface area contributed by atoms with Gasteiger partial charge in [-0.25, -0.2) is 4.79 Å². The molecule has 1 unspecified atom stereocenters.